The van der Waals surface area contributed by atoms with Crippen molar-refractivity contribution in [1.82, 2.24) is 19.3 Å². The molecule has 44 heavy (non-hydrogen) atoms. The first kappa shape index (κ1) is 27.7. The van der Waals surface area contributed by atoms with Crippen LogP contribution in [0.3, 0.4) is 0 Å². The third kappa shape index (κ3) is 4.84. The second-order valence-electron chi connectivity index (χ2n) is 12.6. The fourth-order valence-electron chi connectivity index (χ4n) is 6.15. The lowest BCUT2D eigenvalue weighted by atomic mass is 9.86. The van der Waals surface area contributed by atoms with E-state index in [4.69, 9.17) is 14.8 Å². The van der Waals surface area contributed by atoms with Gasteiger partial charge in [0.1, 0.15) is 17.3 Å². The molecule has 7 rings (SSSR count). The van der Waals surface area contributed by atoms with Gasteiger partial charge in [0.25, 0.3) is 0 Å². The van der Waals surface area contributed by atoms with Crippen LogP contribution < -0.4 is 4.74 Å². The molecule has 4 aromatic carbocycles. The van der Waals surface area contributed by atoms with Crippen LogP contribution in [-0.2, 0) is 5.41 Å². The first-order valence-corrected chi connectivity index (χ1v) is 15.1. The van der Waals surface area contributed by atoms with Crippen molar-refractivity contribution in [3.63, 3.8) is 0 Å². The topological polar surface area (TPSA) is 44.9 Å². The molecule has 0 aliphatic rings. The van der Waals surface area contributed by atoms with Crippen LogP contribution >= 0.6 is 0 Å². The van der Waals surface area contributed by atoms with Gasteiger partial charge in [-0.25, -0.2) is 9.67 Å². The molecular formula is C39H36N4O. The van der Waals surface area contributed by atoms with Gasteiger partial charge in [-0.3, -0.25) is 4.57 Å². The number of ether oxygens (including phenoxy) is 1. The van der Waals surface area contributed by atoms with Crippen molar-refractivity contribution in [2.45, 2.75) is 47.0 Å². The van der Waals surface area contributed by atoms with Crippen LogP contribution in [0.4, 0.5) is 0 Å². The quantitative estimate of drug-likeness (QED) is 0.205. The Hall–Kier alpha value is -5.16. The summed E-state index contributed by atoms with van der Waals surface area (Å²) in [6.45, 7) is 13.0. The van der Waals surface area contributed by atoms with Gasteiger partial charge in [-0.2, -0.15) is 5.10 Å². The molecule has 0 spiro atoms. The lowest BCUT2D eigenvalue weighted by Crippen LogP contribution is -2.12. The smallest absolute Gasteiger partial charge is 0.137 e. The zero-order chi connectivity index (χ0) is 30.6. The molecule has 5 nitrogen and oxygen atoms in total. The van der Waals surface area contributed by atoms with Gasteiger partial charge >= 0.3 is 0 Å². The largest absolute Gasteiger partial charge is 0.457 e. The van der Waals surface area contributed by atoms with Crippen molar-refractivity contribution in [2.24, 2.45) is 0 Å². The van der Waals surface area contributed by atoms with Gasteiger partial charge in [-0.1, -0.05) is 69.3 Å². The van der Waals surface area contributed by atoms with Gasteiger partial charge in [0, 0.05) is 40.4 Å². The van der Waals surface area contributed by atoms with E-state index in [0.29, 0.717) is 0 Å². The minimum atomic E-state index is -0.0836. The number of aromatic nitrogens is 4. The molecule has 7 aromatic rings. The van der Waals surface area contributed by atoms with E-state index in [1.54, 1.807) is 0 Å². The number of hydrogen-bond acceptors (Lipinski definition) is 3. The molecule has 0 unspecified atom stereocenters. The number of fused-ring (bicyclic) bond motifs is 3. The second-order valence-corrected chi connectivity index (χ2v) is 12.6. The van der Waals surface area contributed by atoms with Crippen molar-refractivity contribution in [1.29, 1.82) is 0 Å². The van der Waals surface area contributed by atoms with Crippen molar-refractivity contribution in [3.8, 4) is 34.1 Å². The molecule has 0 aliphatic carbocycles. The van der Waals surface area contributed by atoms with E-state index in [2.05, 4.69) is 137 Å². The second kappa shape index (κ2) is 10.5. The summed E-state index contributed by atoms with van der Waals surface area (Å²) in [5.41, 5.74) is 9.85. The van der Waals surface area contributed by atoms with Crippen molar-refractivity contribution in [3.05, 3.63) is 132 Å². The summed E-state index contributed by atoms with van der Waals surface area (Å²) in [7, 11) is 0. The van der Waals surface area contributed by atoms with Crippen LogP contribution in [0.5, 0.6) is 11.5 Å². The third-order valence-electron chi connectivity index (χ3n) is 8.37. The summed E-state index contributed by atoms with van der Waals surface area (Å²) in [4.78, 5) is 4.73. The summed E-state index contributed by atoms with van der Waals surface area (Å²) < 4.78 is 11.0. The summed E-state index contributed by atoms with van der Waals surface area (Å²) in [6.07, 6.45) is 1.87. The number of para-hydroxylation sites is 1. The van der Waals surface area contributed by atoms with E-state index in [9.17, 15) is 0 Å². The molecule has 0 atom stereocenters. The normalized spacial score (nSPS) is 11.9. The molecular weight excluding hydrogens is 540 g/mol. The molecule has 0 fully saturated rings. The van der Waals surface area contributed by atoms with E-state index < -0.39 is 0 Å². The predicted molar refractivity (Wildman–Crippen MR) is 181 cm³/mol. The summed E-state index contributed by atoms with van der Waals surface area (Å²) >= 11 is 0. The average molecular weight is 577 g/mol. The Balaban J connectivity index is 1.35. The Kier molecular flexibility index (Phi) is 6.62. The first-order valence-electron chi connectivity index (χ1n) is 15.1. The maximum Gasteiger partial charge on any atom is 0.137 e. The van der Waals surface area contributed by atoms with E-state index in [-0.39, 0.29) is 5.41 Å². The number of aryl methyl sites for hydroxylation is 2. The summed E-state index contributed by atoms with van der Waals surface area (Å²) in [5, 5.41) is 7.35. The van der Waals surface area contributed by atoms with E-state index in [0.717, 1.165) is 56.4 Å². The molecule has 0 aliphatic heterocycles. The van der Waals surface area contributed by atoms with Gasteiger partial charge in [0.2, 0.25) is 0 Å². The molecule has 0 saturated carbocycles. The number of hydrogen-bond donors (Lipinski definition) is 0. The molecule has 5 heteroatoms. The van der Waals surface area contributed by atoms with Crippen LogP contribution in [0.15, 0.2) is 109 Å². The highest BCUT2D eigenvalue weighted by Gasteiger charge is 2.21. The van der Waals surface area contributed by atoms with Crippen LogP contribution in [0, 0.1) is 20.8 Å². The fourth-order valence-corrected chi connectivity index (χ4v) is 6.15. The van der Waals surface area contributed by atoms with Crippen molar-refractivity contribution in [2.75, 3.05) is 0 Å². The summed E-state index contributed by atoms with van der Waals surface area (Å²) in [5.74, 6) is 2.44. The standard InChI is InChI=1S/C39H36N4O/c1-25-18-19-40-37(20-25)42-35-15-11-10-14-33(35)34-17-16-31(24-36(34)42)44-32-22-29(39(4,5)6)21-30(23-32)43-27(3)38(26(2)41-43)28-12-8-7-9-13-28/h7-24H,1-6H3. The van der Waals surface area contributed by atoms with E-state index in [1.165, 1.54) is 22.1 Å². The molecule has 0 N–H and O–H groups in total. The number of nitrogens with zero attached hydrogens (tertiary/aromatic N) is 4. The third-order valence-corrected chi connectivity index (χ3v) is 8.37. The Morgan fingerprint density at radius 3 is 2.20 bits per heavy atom. The highest BCUT2D eigenvalue weighted by Crippen LogP contribution is 2.37. The van der Waals surface area contributed by atoms with Crippen LogP contribution in [0.1, 0.15) is 43.3 Å². The Bertz CT molecular complexity index is 2160. The molecule has 0 radical (unpaired) electrons. The van der Waals surface area contributed by atoms with Gasteiger partial charge in [-0.05, 0) is 85.3 Å². The lowest BCUT2D eigenvalue weighted by molar-refractivity contribution is 0.478. The molecule has 3 heterocycles. The van der Waals surface area contributed by atoms with E-state index in [1.807, 2.05) is 23.0 Å². The molecule has 0 amide bonds. The highest BCUT2D eigenvalue weighted by molar-refractivity contribution is 6.09. The lowest BCUT2D eigenvalue weighted by Gasteiger charge is -2.22. The fraction of sp³-hybridized carbons (Fsp3) is 0.179. The molecule has 218 valence electrons. The minimum absolute atomic E-state index is 0.0836. The maximum absolute atomic E-state index is 6.68. The van der Waals surface area contributed by atoms with Gasteiger partial charge < -0.3 is 4.74 Å². The van der Waals surface area contributed by atoms with Gasteiger partial charge in [0.05, 0.1) is 22.4 Å². The average Bonchev–Trinajstić information content (AvgIpc) is 3.49. The van der Waals surface area contributed by atoms with Crippen molar-refractivity contribution < 1.29 is 4.74 Å². The van der Waals surface area contributed by atoms with Gasteiger partial charge in [-0.15, -0.1) is 0 Å². The maximum atomic E-state index is 6.68. The highest BCUT2D eigenvalue weighted by atomic mass is 16.5. The number of rotatable bonds is 5. The molecule has 0 saturated heterocycles. The number of pyridine rings is 1. The van der Waals surface area contributed by atoms with Crippen molar-refractivity contribution >= 4 is 21.8 Å². The first-order chi connectivity index (χ1) is 21.2. The van der Waals surface area contributed by atoms with Crippen LogP contribution in [0.25, 0.3) is 44.4 Å². The number of benzene rings is 4. The van der Waals surface area contributed by atoms with Gasteiger partial charge in [0.15, 0.2) is 0 Å². The Labute approximate surface area is 258 Å². The molecule has 3 aromatic heterocycles. The zero-order valence-corrected chi connectivity index (χ0v) is 26.1. The minimum Gasteiger partial charge on any atom is -0.457 e. The predicted octanol–water partition coefficient (Wildman–Crippen LogP) is 10.0. The SMILES string of the molecule is Cc1ccnc(-n2c3ccccc3c3ccc(Oc4cc(-n5nc(C)c(-c6ccccc6)c5C)cc(C(C)(C)C)c4)cc32)c1. The van der Waals surface area contributed by atoms with E-state index >= 15 is 0 Å². The zero-order valence-electron chi connectivity index (χ0n) is 26.1. The molecule has 0 bridgehead atoms. The Morgan fingerprint density at radius 1 is 0.682 bits per heavy atom. The monoisotopic (exact) mass is 576 g/mol. The van der Waals surface area contributed by atoms with Crippen LogP contribution in [-0.4, -0.2) is 19.3 Å². The summed E-state index contributed by atoms with van der Waals surface area (Å²) in [6, 6.07) is 35.9. The Morgan fingerprint density at radius 2 is 1.43 bits per heavy atom. The van der Waals surface area contributed by atoms with Crippen LogP contribution in [0.2, 0.25) is 0 Å².